The highest BCUT2D eigenvalue weighted by Crippen LogP contribution is 2.12. The van der Waals surface area contributed by atoms with Gasteiger partial charge in [0.05, 0.1) is 5.56 Å². The van der Waals surface area contributed by atoms with Gasteiger partial charge in [-0.1, -0.05) is 42.5 Å². The molecule has 0 aromatic heterocycles. The first-order chi connectivity index (χ1) is 9.59. The summed E-state index contributed by atoms with van der Waals surface area (Å²) in [6, 6.07) is 14.0. The zero-order chi connectivity index (χ0) is 14.5. The number of ketones is 1. The van der Waals surface area contributed by atoms with Gasteiger partial charge in [-0.3, -0.25) is 4.79 Å². The number of Topliss-reactive ketones (excluding diaryl/α,β-unsaturated/α-hetero) is 1. The van der Waals surface area contributed by atoms with Gasteiger partial charge in [0, 0.05) is 5.56 Å². The standard InChI is InChI=1S/C16H13FO3/c1-11(15(18)12-7-3-2-4-8-12)20-16(19)13-9-5-6-10-14(13)17/h2-11H,1H3. The third-order valence-corrected chi connectivity index (χ3v) is 2.81. The average Bonchev–Trinajstić information content (AvgIpc) is 2.47. The van der Waals surface area contributed by atoms with E-state index in [4.69, 9.17) is 4.74 Å². The molecule has 0 aliphatic carbocycles. The molecule has 0 heterocycles. The van der Waals surface area contributed by atoms with Gasteiger partial charge in [0.1, 0.15) is 5.82 Å². The molecule has 20 heavy (non-hydrogen) atoms. The van der Waals surface area contributed by atoms with Crippen molar-refractivity contribution in [3.63, 3.8) is 0 Å². The number of esters is 1. The van der Waals surface area contributed by atoms with E-state index in [1.165, 1.54) is 31.2 Å². The fourth-order valence-electron chi connectivity index (χ4n) is 1.74. The van der Waals surface area contributed by atoms with Gasteiger partial charge in [-0.05, 0) is 19.1 Å². The van der Waals surface area contributed by atoms with E-state index in [1.54, 1.807) is 30.3 Å². The molecule has 0 spiro atoms. The first-order valence-electron chi connectivity index (χ1n) is 6.14. The first kappa shape index (κ1) is 13.9. The van der Waals surface area contributed by atoms with Crippen LogP contribution in [0.15, 0.2) is 54.6 Å². The summed E-state index contributed by atoms with van der Waals surface area (Å²) in [6.07, 6.45) is -0.968. The maximum atomic E-state index is 13.4. The van der Waals surface area contributed by atoms with Crippen LogP contribution in [-0.4, -0.2) is 17.9 Å². The van der Waals surface area contributed by atoms with Crippen LogP contribution in [0.2, 0.25) is 0 Å². The molecule has 0 radical (unpaired) electrons. The molecule has 0 aliphatic heterocycles. The summed E-state index contributed by atoms with van der Waals surface area (Å²) in [7, 11) is 0. The van der Waals surface area contributed by atoms with Gasteiger partial charge in [0.25, 0.3) is 0 Å². The maximum absolute atomic E-state index is 13.4. The van der Waals surface area contributed by atoms with Crippen molar-refractivity contribution >= 4 is 11.8 Å². The van der Waals surface area contributed by atoms with Crippen LogP contribution in [0.3, 0.4) is 0 Å². The van der Waals surface area contributed by atoms with Gasteiger partial charge < -0.3 is 4.74 Å². The molecule has 2 aromatic carbocycles. The van der Waals surface area contributed by atoms with Gasteiger partial charge in [-0.2, -0.15) is 0 Å². The minimum atomic E-state index is -0.968. The minimum Gasteiger partial charge on any atom is -0.451 e. The van der Waals surface area contributed by atoms with Crippen LogP contribution in [0, 0.1) is 5.82 Å². The number of ether oxygens (including phenoxy) is 1. The fourth-order valence-corrected chi connectivity index (χ4v) is 1.74. The number of benzene rings is 2. The molecule has 2 rings (SSSR count). The number of halogens is 1. The van der Waals surface area contributed by atoms with Crippen LogP contribution >= 0.6 is 0 Å². The van der Waals surface area contributed by atoms with Crippen molar-refractivity contribution in [3.05, 3.63) is 71.5 Å². The van der Waals surface area contributed by atoms with E-state index in [-0.39, 0.29) is 11.3 Å². The van der Waals surface area contributed by atoms with Crippen molar-refractivity contribution in [2.75, 3.05) is 0 Å². The lowest BCUT2D eigenvalue weighted by atomic mass is 10.1. The molecule has 3 nitrogen and oxygen atoms in total. The van der Waals surface area contributed by atoms with Crippen LogP contribution in [0.1, 0.15) is 27.6 Å². The Morgan fingerprint density at radius 1 is 1.00 bits per heavy atom. The molecular weight excluding hydrogens is 259 g/mol. The summed E-state index contributed by atoms with van der Waals surface area (Å²) in [5.74, 6) is -1.84. The fraction of sp³-hybridized carbons (Fsp3) is 0.125. The van der Waals surface area contributed by atoms with Crippen LogP contribution in [0.5, 0.6) is 0 Å². The lowest BCUT2D eigenvalue weighted by Gasteiger charge is -2.12. The second-order valence-electron chi connectivity index (χ2n) is 4.26. The summed E-state index contributed by atoms with van der Waals surface area (Å²) >= 11 is 0. The SMILES string of the molecule is CC(OC(=O)c1ccccc1F)C(=O)c1ccccc1. The van der Waals surface area contributed by atoms with Crippen molar-refractivity contribution in [1.82, 2.24) is 0 Å². The lowest BCUT2D eigenvalue weighted by molar-refractivity contribution is 0.0314. The Morgan fingerprint density at radius 2 is 1.60 bits per heavy atom. The van der Waals surface area contributed by atoms with Gasteiger partial charge in [-0.25, -0.2) is 9.18 Å². The smallest absolute Gasteiger partial charge is 0.341 e. The second-order valence-corrected chi connectivity index (χ2v) is 4.26. The third-order valence-electron chi connectivity index (χ3n) is 2.81. The van der Waals surface area contributed by atoms with Crippen molar-refractivity contribution in [3.8, 4) is 0 Å². The van der Waals surface area contributed by atoms with E-state index in [0.717, 1.165) is 0 Å². The molecular formula is C16H13FO3. The Hall–Kier alpha value is -2.49. The third kappa shape index (κ3) is 3.09. The van der Waals surface area contributed by atoms with Crippen LogP contribution in [0.4, 0.5) is 4.39 Å². The van der Waals surface area contributed by atoms with Crippen molar-refractivity contribution in [2.24, 2.45) is 0 Å². The molecule has 4 heteroatoms. The van der Waals surface area contributed by atoms with Crippen molar-refractivity contribution in [2.45, 2.75) is 13.0 Å². The Morgan fingerprint density at radius 3 is 2.25 bits per heavy atom. The molecule has 1 atom stereocenters. The zero-order valence-corrected chi connectivity index (χ0v) is 10.9. The number of carbonyl (C=O) groups excluding carboxylic acids is 2. The summed E-state index contributed by atoms with van der Waals surface area (Å²) in [5, 5.41) is 0. The van der Waals surface area contributed by atoms with E-state index in [1.807, 2.05) is 0 Å². The Balaban J connectivity index is 2.09. The molecule has 0 aliphatic rings. The zero-order valence-electron chi connectivity index (χ0n) is 10.9. The highest BCUT2D eigenvalue weighted by atomic mass is 19.1. The van der Waals surface area contributed by atoms with Crippen molar-refractivity contribution in [1.29, 1.82) is 0 Å². The molecule has 0 fully saturated rings. The van der Waals surface area contributed by atoms with Gasteiger partial charge in [0.2, 0.25) is 5.78 Å². The molecule has 102 valence electrons. The number of hydrogen-bond acceptors (Lipinski definition) is 3. The van der Waals surface area contributed by atoms with E-state index in [0.29, 0.717) is 5.56 Å². The Labute approximate surface area is 116 Å². The van der Waals surface area contributed by atoms with Gasteiger partial charge in [0.15, 0.2) is 6.10 Å². The average molecular weight is 272 g/mol. The highest BCUT2D eigenvalue weighted by Gasteiger charge is 2.21. The number of rotatable bonds is 4. The highest BCUT2D eigenvalue weighted by molar-refractivity contribution is 6.01. The van der Waals surface area contributed by atoms with Crippen LogP contribution in [-0.2, 0) is 4.74 Å². The molecule has 2 aromatic rings. The molecule has 0 N–H and O–H groups in total. The summed E-state index contributed by atoms with van der Waals surface area (Å²) < 4.78 is 18.4. The Kier molecular flexibility index (Phi) is 4.25. The normalized spacial score (nSPS) is 11.7. The summed E-state index contributed by atoms with van der Waals surface area (Å²) in [5.41, 5.74) is 0.265. The van der Waals surface area contributed by atoms with Gasteiger partial charge in [-0.15, -0.1) is 0 Å². The molecule has 0 saturated carbocycles. The van der Waals surface area contributed by atoms with Crippen LogP contribution < -0.4 is 0 Å². The Bertz CT molecular complexity index is 623. The minimum absolute atomic E-state index is 0.180. The quantitative estimate of drug-likeness (QED) is 0.634. The van der Waals surface area contributed by atoms with Crippen LogP contribution in [0.25, 0.3) is 0 Å². The van der Waals surface area contributed by atoms with Crippen molar-refractivity contribution < 1.29 is 18.7 Å². The van der Waals surface area contributed by atoms with Gasteiger partial charge >= 0.3 is 5.97 Å². The predicted octanol–water partition coefficient (Wildman–Crippen LogP) is 3.25. The topological polar surface area (TPSA) is 43.4 Å². The second kappa shape index (κ2) is 6.10. The largest absolute Gasteiger partial charge is 0.451 e. The van der Waals surface area contributed by atoms with E-state index in [2.05, 4.69) is 0 Å². The lowest BCUT2D eigenvalue weighted by Crippen LogP contribution is -2.24. The molecule has 0 amide bonds. The number of hydrogen-bond donors (Lipinski definition) is 0. The monoisotopic (exact) mass is 272 g/mol. The molecule has 1 unspecified atom stereocenters. The molecule has 0 saturated heterocycles. The van der Waals surface area contributed by atoms with E-state index < -0.39 is 17.9 Å². The molecule has 0 bridgehead atoms. The predicted molar refractivity (Wildman–Crippen MR) is 72.1 cm³/mol. The van der Waals surface area contributed by atoms with E-state index >= 15 is 0 Å². The number of carbonyl (C=O) groups is 2. The first-order valence-corrected chi connectivity index (χ1v) is 6.14. The summed E-state index contributed by atoms with van der Waals surface area (Å²) in [6.45, 7) is 1.47. The maximum Gasteiger partial charge on any atom is 0.341 e. The van der Waals surface area contributed by atoms with E-state index in [9.17, 15) is 14.0 Å². The summed E-state index contributed by atoms with van der Waals surface area (Å²) in [4.78, 5) is 23.8.